The Morgan fingerprint density at radius 3 is 2.35 bits per heavy atom. The summed E-state index contributed by atoms with van der Waals surface area (Å²) in [5, 5.41) is 12.9. The fourth-order valence-electron chi connectivity index (χ4n) is 2.71. The van der Waals surface area contributed by atoms with Crippen LogP contribution in [0.25, 0.3) is 0 Å². The third-order valence-electron chi connectivity index (χ3n) is 4.25. The lowest BCUT2D eigenvalue weighted by Crippen LogP contribution is -2.58. The second-order valence-electron chi connectivity index (χ2n) is 5.60. The van der Waals surface area contributed by atoms with E-state index in [2.05, 4.69) is 24.3 Å². The molecule has 0 aromatic rings. The highest BCUT2D eigenvalue weighted by Crippen LogP contribution is 2.35. The Balaban J connectivity index is 1.90. The SMILES string of the molecule is CN(C)C1(CNC2CS(=O)(=O)CC2O)CCC1. The molecule has 1 saturated heterocycles. The van der Waals surface area contributed by atoms with Crippen molar-refractivity contribution in [2.75, 3.05) is 32.1 Å². The summed E-state index contributed by atoms with van der Waals surface area (Å²) in [4.78, 5) is 2.21. The first-order valence-electron chi connectivity index (χ1n) is 6.14. The number of rotatable bonds is 4. The van der Waals surface area contributed by atoms with Crippen molar-refractivity contribution in [3.05, 3.63) is 0 Å². The number of nitrogens with zero attached hydrogens (tertiary/aromatic N) is 1. The molecule has 2 fully saturated rings. The van der Waals surface area contributed by atoms with Crippen molar-refractivity contribution in [2.24, 2.45) is 0 Å². The van der Waals surface area contributed by atoms with E-state index in [9.17, 15) is 13.5 Å². The zero-order valence-corrected chi connectivity index (χ0v) is 11.3. The molecule has 0 bridgehead atoms. The number of hydrogen-bond acceptors (Lipinski definition) is 5. The average Bonchev–Trinajstić information content (AvgIpc) is 2.37. The van der Waals surface area contributed by atoms with Crippen LogP contribution in [0.2, 0.25) is 0 Å². The van der Waals surface area contributed by atoms with Gasteiger partial charge in [-0.25, -0.2) is 8.42 Å². The smallest absolute Gasteiger partial charge is 0.154 e. The van der Waals surface area contributed by atoms with Crippen LogP contribution in [-0.4, -0.2) is 68.3 Å². The van der Waals surface area contributed by atoms with Crippen molar-refractivity contribution in [1.82, 2.24) is 10.2 Å². The molecule has 2 unspecified atom stereocenters. The van der Waals surface area contributed by atoms with Gasteiger partial charge >= 0.3 is 0 Å². The van der Waals surface area contributed by atoms with Gasteiger partial charge in [0.15, 0.2) is 9.84 Å². The summed E-state index contributed by atoms with van der Waals surface area (Å²) in [6.45, 7) is 0.761. The lowest BCUT2D eigenvalue weighted by Gasteiger charge is -2.48. The summed E-state index contributed by atoms with van der Waals surface area (Å²) in [7, 11) is 1.07. The van der Waals surface area contributed by atoms with Gasteiger partial charge in [-0.05, 0) is 33.4 Å². The van der Waals surface area contributed by atoms with Gasteiger partial charge in [0, 0.05) is 18.1 Å². The Labute approximate surface area is 103 Å². The zero-order chi connectivity index (χ0) is 12.7. The van der Waals surface area contributed by atoms with E-state index in [0.29, 0.717) is 0 Å². The van der Waals surface area contributed by atoms with Crippen LogP contribution in [-0.2, 0) is 9.84 Å². The highest BCUT2D eigenvalue weighted by molar-refractivity contribution is 7.91. The number of nitrogens with one attached hydrogen (secondary N) is 1. The molecule has 0 aromatic heterocycles. The average molecular weight is 262 g/mol. The minimum absolute atomic E-state index is 0.0671. The normalized spacial score (nSPS) is 34.8. The molecule has 2 aliphatic rings. The van der Waals surface area contributed by atoms with Crippen LogP contribution in [0.3, 0.4) is 0 Å². The summed E-state index contributed by atoms with van der Waals surface area (Å²) in [5.41, 5.74) is 0.159. The summed E-state index contributed by atoms with van der Waals surface area (Å²) in [6.07, 6.45) is 2.76. The van der Waals surface area contributed by atoms with E-state index in [4.69, 9.17) is 0 Å². The van der Waals surface area contributed by atoms with Gasteiger partial charge in [-0.15, -0.1) is 0 Å². The molecule has 1 aliphatic heterocycles. The molecule has 2 N–H and O–H groups in total. The molecule has 6 heteroatoms. The molecule has 0 aromatic carbocycles. The number of aliphatic hydroxyl groups excluding tert-OH is 1. The van der Waals surface area contributed by atoms with E-state index in [-0.39, 0.29) is 23.1 Å². The fraction of sp³-hybridized carbons (Fsp3) is 1.00. The van der Waals surface area contributed by atoms with Gasteiger partial charge in [-0.2, -0.15) is 0 Å². The minimum Gasteiger partial charge on any atom is -0.390 e. The number of hydrogen-bond donors (Lipinski definition) is 2. The summed E-state index contributed by atoms with van der Waals surface area (Å²) in [5.74, 6) is -0.0305. The Morgan fingerprint density at radius 2 is 2.00 bits per heavy atom. The van der Waals surface area contributed by atoms with Gasteiger partial charge < -0.3 is 15.3 Å². The molecule has 1 heterocycles. The monoisotopic (exact) mass is 262 g/mol. The van der Waals surface area contributed by atoms with Gasteiger partial charge in [-0.3, -0.25) is 0 Å². The molecule has 1 aliphatic carbocycles. The van der Waals surface area contributed by atoms with Crippen LogP contribution in [0, 0.1) is 0 Å². The van der Waals surface area contributed by atoms with E-state index in [1.165, 1.54) is 6.42 Å². The van der Waals surface area contributed by atoms with Crippen LogP contribution in [0.15, 0.2) is 0 Å². The summed E-state index contributed by atoms with van der Waals surface area (Å²) >= 11 is 0. The molecule has 5 nitrogen and oxygen atoms in total. The van der Waals surface area contributed by atoms with Crippen LogP contribution < -0.4 is 5.32 Å². The lowest BCUT2D eigenvalue weighted by atomic mass is 9.75. The van der Waals surface area contributed by atoms with Crippen molar-refractivity contribution in [3.63, 3.8) is 0 Å². The predicted molar refractivity (Wildman–Crippen MR) is 66.7 cm³/mol. The summed E-state index contributed by atoms with van der Waals surface area (Å²) in [6, 6.07) is -0.294. The predicted octanol–water partition coefficient (Wildman–Crippen LogP) is -0.782. The van der Waals surface area contributed by atoms with Crippen molar-refractivity contribution in [2.45, 2.75) is 36.9 Å². The summed E-state index contributed by atoms with van der Waals surface area (Å²) < 4.78 is 22.8. The van der Waals surface area contributed by atoms with E-state index < -0.39 is 15.9 Å². The minimum atomic E-state index is -3.05. The van der Waals surface area contributed by atoms with Crippen LogP contribution in [0.4, 0.5) is 0 Å². The Morgan fingerprint density at radius 1 is 1.35 bits per heavy atom. The van der Waals surface area contributed by atoms with Crippen molar-refractivity contribution >= 4 is 9.84 Å². The Kier molecular flexibility index (Phi) is 3.51. The van der Waals surface area contributed by atoms with Gasteiger partial charge in [0.25, 0.3) is 0 Å². The zero-order valence-electron chi connectivity index (χ0n) is 10.5. The standard InChI is InChI=1S/C11H22N2O3S/c1-13(2)11(4-3-5-11)8-12-9-6-17(15,16)7-10(9)14/h9-10,12,14H,3-8H2,1-2H3. The molecule has 1 saturated carbocycles. The van der Waals surface area contributed by atoms with Crippen molar-refractivity contribution in [3.8, 4) is 0 Å². The molecule has 0 radical (unpaired) electrons. The second kappa shape index (κ2) is 4.50. The van der Waals surface area contributed by atoms with Crippen molar-refractivity contribution in [1.29, 1.82) is 0 Å². The van der Waals surface area contributed by atoms with E-state index in [1.807, 2.05) is 0 Å². The maximum atomic E-state index is 11.4. The first-order valence-corrected chi connectivity index (χ1v) is 7.96. The first-order chi connectivity index (χ1) is 7.85. The largest absolute Gasteiger partial charge is 0.390 e. The third kappa shape index (κ3) is 2.65. The fourth-order valence-corrected chi connectivity index (χ4v) is 4.49. The van der Waals surface area contributed by atoms with Gasteiger partial charge in [0.1, 0.15) is 0 Å². The molecule has 17 heavy (non-hydrogen) atoms. The van der Waals surface area contributed by atoms with Crippen molar-refractivity contribution < 1.29 is 13.5 Å². The van der Waals surface area contributed by atoms with Gasteiger partial charge in [0.05, 0.1) is 17.6 Å². The maximum absolute atomic E-state index is 11.4. The number of aliphatic hydroxyl groups is 1. The van der Waals surface area contributed by atoms with Gasteiger partial charge in [0.2, 0.25) is 0 Å². The lowest BCUT2D eigenvalue weighted by molar-refractivity contribution is 0.0513. The van der Waals surface area contributed by atoms with Gasteiger partial charge in [-0.1, -0.05) is 0 Å². The molecule has 0 spiro atoms. The highest BCUT2D eigenvalue weighted by Gasteiger charge is 2.42. The van der Waals surface area contributed by atoms with E-state index in [1.54, 1.807) is 0 Å². The topological polar surface area (TPSA) is 69.6 Å². The second-order valence-corrected chi connectivity index (χ2v) is 7.76. The Hall–Kier alpha value is -0.170. The van der Waals surface area contributed by atoms with E-state index >= 15 is 0 Å². The molecule has 0 amide bonds. The molecular weight excluding hydrogens is 240 g/mol. The number of likely N-dealkylation sites (N-methyl/N-ethyl adjacent to an activating group) is 1. The molecule has 2 atom stereocenters. The van der Waals surface area contributed by atoms with Crippen LogP contribution >= 0.6 is 0 Å². The van der Waals surface area contributed by atoms with E-state index in [0.717, 1.165) is 19.4 Å². The number of sulfone groups is 1. The molecule has 100 valence electrons. The quantitative estimate of drug-likeness (QED) is 0.695. The van der Waals surface area contributed by atoms with Crippen LogP contribution in [0.5, 0.6) is 0 Å². The first kappa shape index (κ1) is 13.3. The highest BCUT2D eigenvalue weighted by atomic mass is 32.2. The maximum Gasteiger partial charge on any atom is 0.154 e. The molecular formula is C11H22N2O3S. The molecule has 2 rings (SSSR count). The Bertz CT molecular complexity index is 376. The van der Waals surface area contributed by atoms with Crippen LogP contribution in [0.1, 0.15) is 19.3 Å². The third-order valence-corrected chi connectivity index (χ3v) is 5.97.